The van der Waals surface area contributed by atoms with Crippen molar-refractivity contribution >= 4 is 5.78 Å². The molecule has 1 saturated carbocycles. The summed E-state index contributed by atoms with van der Waals surface area (Å²) in [6.45, 7) is 0. The summed E-state index contributed by atoms with van der Waals surface area (Å²) in [5, 5.41) is 0. The fraction of sp³-hybridized carbons (Fsp3) is 0.409. The number of rotatable bonds is 3. The van der Waals surface area contributed by atoms with Crippen molar-refractivity contribution in [3.05, 3.63) is 65.2 Å². The predicted molar refractivity (Wildman–Crippen MR) is 95.5 cm³/mol. The average Bonchev–Trinajstić information content (AvgIpc) is 2.91. The van der Waals surface area contributed by atoms with Crippen molar-refractivity contribution in [2.24, 2.45) is 5.92 Å². The summed E-state index contributed by atoms with van der Waals surface area (Å²) < 4.78 is 5.48. The lowest BCUT2D eigenvalue weighted by Crippen LogP contribution is -2.37. The molecule has 2 aromatic rings. The SMILES string of the molecule is COc1ccc2c(c1)C1(CCC(=O)CC1)C(Cc1ccccc1)C2. The van der Waals surface area contributed by atoms with Gasteiger partial charge in [-0.25, -0.2) is 0 Å². The highest BCUT2D eigenvalue weighted by molar-refractivity contribution is 5.80. The summed E-state index contributed by atoms with van der Waals surface area (Å²) >= 11 is 0. The Morgan fingerprint density at radius 1 is 1.08 bits per heavy atom. The van der Waals surface area contributed by atoms with Crippen molar-refractivity contribution in [1.29, 1.82) is 0 Å². The topological polar surface area (TPSA) is 26.3 Å². The zero-order valence-corrected chi connectivity index (χ0v) is 14.3. The molecule has 1 unspecified atom stereocenters. The third-order valence-electron chi connectivity index (χ3n) is 6.13. The highest BCUT2D eigenvalue weighted by Gasteiger charge is 2.48. The Morgan fingerprint density at radius 3 is 2.54 bits per heavy atom. The van der Waals surface area contributed by atoms with Gasteiger partial charge in [-0.3, -0.25) is 4.79 Å². The van der Waals surface area contributed by atoms with Gasteiger partial charge in [0.1, 0.15) is 11.5 Å². The predicted octanol–water partition coefficient (Wildman–Crippen LogP) is 4.49. The highest BCUT2D eigenvalue weighted by Crippen LogP contribution is 2.53. The van der Waals surface area contributed by atoms with Gasteiger partial charge in [-0.05, 0) is 60.4 Å². The van der Waals surface area contributed by atoms with Crippen LogP contribution in [-0.4, -0.2) is 12.9 Å². The highest BCUT2D eigenvalue weighted by atomic mass is 16.5. The minimum Gasteiger partial charge on any atom is -0.497 e. The van der Waals surface area contributed by atoms with Gasteiger partial charge in [0, 0.05) is 18.3 Å². The molecule has 1 atom stereocenters. The first-order valence-electron chi connectivity index (χ1n) is 8.94. The second-order valence-electron chi connectivity index (χ2n) is 7.31. The molecule has 1 spiro atoms. The van der Waals surface area contributed by atoms with Crippen LogP contribution in [0.3, 0.4) is 0 Å². The Labute approximate surface area is 143 Å². The largest absolute Gasteiger partial charge is 0.497 e. The van der Waals surface area contributed by atoms with Crippen LogP contribution in [0.15, 0.2) is 48.5 Å². The molecule has 0 N–H and O–H groups in total. The maximum Gasteiger partial charge on any atom is 0.132 e. The Hall–Kier alpha value is -2.09. The van der Waals surface area contributed by atoms with E-state index in [-0.39, 0.29) is 5.41 Å². The Bertz CT molecular complexity index is 738. The number of hydrogen-bond donors (Lipinski definition) is 0. The van der Waals surface area contributed by atoms with E-state index in [1.807, 2.05) is 0 Å². The van der Waals surface area contributed by atoms with Crippen LogP contribution in [0.25, 0.3) is 0 Å². The van der Waals surface area contributed by atoms with Gasteiger partial charge >= 0.3 is 0 Å². The number of hydrogen-bond acceptors (Lipinski definition) is 2. The lowest BCUT2D eigenvalue weighted by Gasteiger charge is -2.40. The number of methoxy groups -OCH3 is 1. The van der Waals surface area contributed by atoms with Crippen LogP contribution in [0.2, 0.25) is 0 Å². The van der Waals surface area contributed by atoms with Gasteiger partial charge in [-0.15, -0.1) is 0 Å². The van der Waals surface area contributed by atoms with Gasteiger partial charge in [0.25, 0.3) is 0 Å². The van der Waals surface area contributed by atoms with Crippen LogP contribution < -0.4 is 4.74 Å². The molecular weight excluding hydrogens is 296 g/mol. The van der Waals surface area contributed by atoms with Crippen LogP contribution in [0, 0.1) is 5.92 Å². The summed E-state index contributed by atoms with van der Waals surface area (Å²) in [6, 6.07) is 17.3. The summed E-state index contributed by atoms with van der Waals surface area (Å²) in [5.41, 5.74) is 4.44. The molecule has 24 heavy (non-hydrogen) atoms. The monoisotopic (exact) mass is 320 g/mol. The van der Waals surface area contributed by atoms with Crippen molar-refractivity contribution in [2.45, 2.75) is 43.9 Å². The lowest BCUT2D eigenvalue weighted by molar-refractivity contribution is -0.121. The average molecular weight is 320 g/mol. The van der Waals surface area contributed by atoms with Gasteiger partial charge in [0.05, 0.1) is 7.11 Å². The van der Waals surface area contributed by atoms with Crippen LogP contribution in [0.5, 0.6) is 5.75 Å². The van der Waals surface area contributed by atoms with E-state index in [0.29, 0.717) is 11.7 Å². The number of carbonyl (C=O) groups excluding carboxylic acids is 1. The van der Waals surface area contributed by atoms with Crippen molar-refractivity contribution in [1.82, 2.24) is 0 Å². The molecule has 0 aliphatic heterocycles. The van der Waals surface area contributed by atoms with Crippen LogP contribution >= 0.6 is 0 Å². The van der Waals surface area contributed by atoms with E-state index in [1.54, 1.807) is 7.11 Å². The van der Waals surface area contributed by atoms with E-state index >= 15 is 0 Å². The van der Waals surface area contributed by atoms with Gasteiger partial charge in [-0.2, -0.15) is 0 Å². The number of benzene rings is 2. The van der Waals surface area contributed by atoms with E-state index in [0.717, 1.165) is 44.3 Å². The minimum atomic E-state index is 0.146. The number of ketones is 1. The van der Waals surface area contributed by atoms with Gasteiger partial charge in [0.2, 0.25) is 0 Å². The molecule has 0 bridgehead atoms. The molecule has 2 heteroatoms. The summed E-state index contributed by atoms with van der Waals surface area (Å²) in [7, 11) is 1.73. The Morgan fingerprint density at radius 2 is 1.83 bits per heavy atom. The maximum absolute atomic E-state index is 11.9. The van der Waals surface area contributed by atoms with E-state index in [2.05, 4.69) is 48.5 Å². The lowest BCUT2D eigenvalue weighted by atomic mass is 9.63. The molecule has 1 fully saturated rings. The third-order valence-corrected chi connectivity index (χ3v) is 6.13. The molecule has 4 rings (SSSR count). The maximum atomic E-state index is 11.9. The summed E-state index contributed by atoms with van der Waals surface area (Å²) in [5.74, 6) is 1.94. The molecule has 0 saturated heterocycles. The first-order chi connectivity index (χ1) is 11.7. The molecular formula is C22H24O2. The standard InChI is InChI=1S/C22H24O2/c1-24-20-8-7-17-14-18(13-16-5-3-2-4-6-16)22(21(17)15-20)11-9-19(23)10-12-22/h2-8,15,18H,9-14H2,1H3. The molecule has 0 radical (unpaired) electrons. The van der Waals surface area contributed by atoms with Crippen molar-refractivity contribution in [3.8, 4) is 5.75 Å². The van der Waals surface area contributed by atoms with Gasteiger partial charge in [0.15, 0.2) is 0 Å². The molecule has 0 heterocycles. The molecule has 0 amide bonds. The van der Waals surface area contributed by atoms with Crippen LogP contribution in [-0.2, 0) is 23.1 Å². The summed E-state index contributed by atoms with van der Waals surface area (Å²) in [4.78, 5) is 11.9. The van der Waals surface area contributed by atoms with E-state index in [4.69, 9.17) is 4.74 Å². The fourth-order valence-corrected chi connectivity index (χ4v) is 4.82. The normalized spacial score (nSPS) is 21.7. The molecule has 0 aromatic heterocycles. The molecule has 2 aliphatic carbocycles. The Kier molecular flexibility index (Phi) is 3.91. The molecule has 2 aliphatic rings. The van der Waals surface area contributed by atoms with Crippen LogP contribution in [0.1, 0.15) is 42.4 Å². The Balaban J connectivity index is 1.73. The van der Waals surface area contributed by atoms with E-state index in [9.17, 15) is 4.79 Å². The molecule has 2 aromatic carbocycles. The zero-order chi connectivity index (χ0) is 16.6. The molecule has 124 valence electrons. The number of ether oxygens (including phenoxy) is 1. The van der Waals surface area contributed by atoms with Gasteiger partial charge < -0.3 is 4.74 Å². The van der Waals surface area contributed by atoms with E-state index < -0.39 is 0 Å². The van der Waals surface area contributed by atoms with Crippen LogP contribution in [0.4, 0.5) is 0 Å². The van der Waals surface area contributed by atoms with E-state index in [1.165, 1.54) is 16.7 Å². The number of carbonyl (C=O) groups is 1. The number of fused-ring (bicyclic) bond motifs is 2. The van der Waals surface area contributed by atoms with Crippen molar-refractivity contribution in [3.63, 3.8) is 0 Å². The van der Waals surface area contributed by atoms with Gasteiger partial charge in [-0.1, -0.05) is 36.4 Å². The quantitative estimate of drug-likeness (QED) is 0.833. The third kappa shape index (κ3) is 2.54. The zero-order valence-electron chi connectivity index (χ0n) is 14.3. The first kappa shape index (κ1) is 15.4. The smallest absolute Gasteiger partial charge is 0.132 e. The summed E-state index contributed by atoms with van der Waals surface area (Å²) in [6.07, 6.45) is 5.63. The number of Topliss-reactive ketones (excluding diaryl/α,β-unsaturated/α-hetero) is 1. The van der Waals surface area contributed by atoms with Crippen molar-refractivity contribution < 1.29 is 9.53 Å². The second-order valence-corrected chi connectivity index (χ2v) is 7.31. The second kappa shape index (κ2) is 6.08. The van der Waals surface area contributed by atoms with Crippen molar-refractivity contribution in [2.75, 3.05) is 7.11 Å². The minimum absolute atomic E-state index is 0.146. The first-order valence-corrected chi connectivity index (χ1v) is 8.94. The molecule has 2 nitrogen and oxygen atoms in total. The fourth-order valence-electron chi connectivity index (χ4n) is 4.82.